The minimum atomic E-state index is -0.833. The number of amides is 6. The van der Waals surface area contributed by atoms with Crippen LogP contribution in [0.2, 0.25) is 0 Å². The standard InChI is InChI=1S/3CH4N2O.Li.H/c3*2-1(3)4;;/h3*(H4,2,3,4);;. The van der Waals surface area contributed by atoms with Crippen LogP contribution in [0, 0.1) is 0 Å². The normalized spacial score (nSPS) is 5.54. The van der Waals surface area contributed by atoms with Crippen LogP contribution in [0.3, 0.4) is 0 Å². The molecule has 0 saturated heterocycles. The van der Waals surface area contributed by atoms with Crippen molar-refractivity contribution in [2.75, 3.05) is 0 Å². The first-order valence-corrected chi connectivity index (χ1v) is 2.34. The molecule has 10 heteroatoms. The molecule has 0 aromatic heterocycles. The van der Waals surface area contributed by atoms with Gasteiger partial charge >= 0.3 is 37.0 Å². The molecule has 0 heterocycles. The van der Waals surface area contributed by atoms with Gasteiger partial charge in [-0.25, -0.2) is 14.4 Å². The summed E-state index contributed by atoms with van der Waals surface area (Å²) < 4.78 is 0. The average Bonchev–Trinajstić information content (AvgIpc) is 1.54. The Hall–Kier alpha value is -1.59. The topological polar surface area (TPSA) is 207 Å². The van der Waals surface area contributed by atoms with Gasteiger partial charge in [0.15, 0.2) is 0 Å². The molecule has 12 N–H and O–H groups in total. The monoisotopic (exact) mass is 188 g/mol. The van der Waals surface area contributed by atoms with Crippen LogP contribution in [0.15, 0.2) is 0 Å². The molecule has 0 fully saturated rings. The van der Waals surface area contributed by atoms with Gasteiger partial charge < -0.3 is 34.4 Å². The van der Waals surface area contributed by atoms with Crippen molar-refractivity contribution in [3.8, 4) is 0 Å². The van der Waals surface area contributed by atoms with E-state index < -0.39 is 18.1 Å². The molecule has 0 radical (unpaired) electrons. The van der Waals surface area contributed by atoms with Gasteiger partial charge in [-0.2, -0.15) is 0 Å². The molecule has 0 aromatic rings. The zero-order valence-corrected chi connectivity index (χ0v) is 6.19. The minimum absolute atomic E-state index is 0. The number of carbonyl (C=O) groups is 3. The molecule has 0 aromatic carbocycles. The van der Waals surface area contributed by atoms with Crippen LogP contribution in [0.5, 0.6) is 0 Å². The number of nitrogens with two attached hydrogens (primary N) is 6. The van der Waals surface area contributed by atoms with Crippen LogP contribution in [0.25, 0.3) is 0 Å². The van der Waals surface area contributed by atoms with Crippen molar-refractivity contribution in [2.45, 2.75) is 0 Å². The van der Waals surface area contributed by atoms with Crippen molar-refractivity contribution in [3.05, 3.63) is 0 Å². The van der Waals surface area contributed by atoms with Gasteiger partial charge in [-0.1, -0.05) is 0 Å². The predicted octanol–water partition coefficient (Wildman–Crippen LogP) is -3.58. The van der Waals surface area contributed by atoms with Crippen LogP contribution in [0.1, 0.15) is 0 Å². The summed E-state index contributed by atoms with van der Waals surface area (Å²) in [6.45, 7) is 0. The SMILES string of the molecule is NC(N)=O.NC(N)=O.NC(N)=O.[LiH]. The first-order valence-electron chi connectivity index (χ1n) is 2.34. The molecular weight excluding hydrogens is 175 g/mol. The summed E-state index contributed by atoms with van der Waals surface area (Å²) in [5, 5.41) is 0. The van der Waals surface area contributed by atoms with Crippen LogP contribution < -0.4 is 34.4 Å². The van der Waals surface area contributed by atoms with Gasteiger partial charge in [0, 0.05) is 0 Å². The summed E-state index contributed by atoms with van der Waals surface area (Å²) in [5.41, 5.74) is 25.5. The third-order valence-electron chi connectivity index (χ3n) is 0. The fourth-order valence-electron chi connectivity index (χ4n) is 0. The Morgan fingerprint density at radius 1 is 0.538 bits per heavy atom. The Labute approximate surface area is 86.3 Å². The van der Waals surface area contributed by atoms with Crippen molar-refractivity contribution in [1.29, 1.82) is 0 Å². The van der Waals surface area contributed by atoms with Crippen LogP contribution in [-0.4, -0.2) is 37.0 Å². The molecule has 0 spiro atoms. The quantitative estimate of drug-likeness (QED) is 0.213. The molecule has 74 valence electrons. The first kappa shape index (κ1) is 22.5. The molecule has 0 rings (SSSR count). The third-order valence-corrected chi connectivity index (χ3v) is 0. The zero-order chi connectivity index (χ0) is 10.7. The van der Waals surface area contributed by atoms with Gasteiger partial charge in [0.2, 0.25) is 0 Å². The van der Waals surface area contributed by atoms with Crippen LogP contribution in [-0.2, 0) is 0 Å². The van der Waals surface area contributed by atoms with Crippen LogP contribution >= 0.6 is 0 Å². The number of carbonyl (C=O) groups excluding carboxylic acids is 3. The summed E-state index contributed by atoms with van der Waals surface area (Å²) in [6.07, 6.45) is 0. The van der Waals surface area contributed by atoms with Crippen LogP contribution in [0.4, 0.5) is 14.4 Å². The predicted molar refractivity (Wildman–Crippen MR) is 48.5 cm³/mol. The van der Waals surface area contributed by atoms with E-state index in [0.717, 1.165) is 0 Å². The zero-order valence-electron chi connectivity index (χ0n) is 6.19. The number of urea groups is 3. The fraction of sp³-hybridized carbons (Fsp3) is 0. The summed E-state index contributed by atoms with van der Waals surface area (Å²) in [4.78, 5) is 27.0. The van der Waals surface area contributed by atoms with Crippen molar-refractivity contribution in [2.24, 2.45) is 34.4 Å². The van der Waals surface area contributed by atoms with E-state index in [1.54, 1.807) is 0 Å². The van der Waals surface area contributed by atoms with E-state index in [1.165, 1.54) is 0 Å². The molecule has 0 aliphatic heterocycles. The van der Waals surface area contributed by atoms with Gasteiger partial charge in [0.05, 0.1) is 0 Å². The van der Waals surface area contributed by atoms with Crippen molar-refractivity contribution >= 4 is 37.0 Å². The van der Waals surface area contributed by atoms with E-state index in [2.05, 4.69) is 34.4 Å². The van der Waals surface area contributed by atoms with E-state index in [-0.39, 0.29) is 18.9 Å². The van der Waals surface area contributed by atoms with Gasteiger partial charge in [0.1, 0.15) is 0 Å². The van der Waals surface area contributed by atoms with E-state index in [1.807, 2.05) is 0 Å². The van der Waals surface area contributed by atoms with E-state index >= 15 is 0 Å². The molecule has 9 nitrogen and oxygen atoms in total. The second-order valence-electron chi connectivity index (χ2n) is 1.21. The second-order valence-corrected chi connectivity index (χ2v) is 1.21. The Balaban J connectivity index is -0.0000000450. The molecule has 0 saturated carbocycles. The Morgan fingerprint density at radius 2 is 0.538 bits per heavy atom. The summed E-state index contributed by atoms with van der Waals surface area (Å²) in [5.74, 6) is 0. The van der Waals surface area contributed by atoms with E-state index in [0.29, 0.717) is 0 Å². The Morgan fingerprint density at radius 3 is 0.538 bits per heavy atom. The molecule has 6 amide bonds. The maximum atomic E-state index is 9.00. The van der Waals surface area contributed by atoms with Crippen molar-refractivity contribution in [1.82, 2.24) is 0 Å². The van der Waals surface area contributed by atoms with Gasteiger partial charge in [-0.15, -0.1) is 0 Å². The second kappa shape index (κ2) is 16.8. The molecule has 0 bridgehead atoms. The van der Waals surface area contributed by atoms with E-state index in [4.69, 9.17) is 14.4 Å². The molecule has 0 unspecified atom stereocenters. The first-order chi connectivity index (χ1) is 5.20. The Bertz CT molecular complexity index is 121. The van der Waals surface area contributed by atoms with Gasteiger partial charge in [0.25, 0.3) is 0 Å². The summed E-state index contributed by atoms with van der Waals surface area (Å²) in [6, 6.07) is -2.50. The Kier molecular flexibility index (Phi) is 29.1. The summed E-state index contributed by atoms with van der Waals surface area (Å²) >= 11 is 0. The van der Waals surface area contributed by atoms with Gasteiger partial charge in [-0.3, -0.25) is 0 Å². The molecule has 13 heavy (non-hydrogen) atoms. The molecular formula is C3H13LiN6O3. The number of hydrogen-bond acceptors (Lipinski definition) is 3. The summed E-state index contributed by atoms with van der Waals surface area (Å²) in [7, 11) is 0. The van der Waals surface area contributed by atoms with Gasteiger partial charge in [-0.05, 0) is 0 Å². The molecule has 0 atom stereocenters. The van der Waals surface area contributed by atoms with Crippen molar-refractivity contribution in [3.63, 3.8) is 0 Å². The number of primary amides is 6. The number of hydrogen-bond donors (Lipinski definition) is 6. The van der Waals surface area contributed by atoms with Crippen molar-refractivity contribution < 1.29 is 14.4 Å². The third kappa shape index (κ3) is 290. The number of rotatable bonds is 0. The maximum absolute atomic E-state index is 9.00. The average molecular weight is 188 g/mol. The van der Waals surface area contributed by atoms with E-state index in [9.17, 15) is 0 Å². The molecule has 0 aliphatic rings. The molecule has 0 aliphatic carbocycles. The fourth-order valence-corrected chi connectivity index (χ4v) is 0.